The van der Waals surface area contributed by atoms with E-state index >= 15 is 0 Å². The van der Waals surface area contributed by atoms with Crippen LogP contribution in [0.2, 0.25) is 0 Å². The van der Waals surface area contributed by atoms with Gasteiger partial charge in [0.1, 0.15) is 5.75 Å². The number of anilines is 1. The number of furan rings is 1. The first-order valence-corrected chi connectivity index (χ1v) is 7.60. The summed E-state index contributed by atoms with van der Waals surface area (Å²) in [6.07, 6.45) is 1.42. The molecule has 0 spiro atoms. The van der Waals surface area contributed by atoms with Crippen molar-refractivity contribution in [2.45, 2.75) is 6.92 Å². The van der Waals surface area contributed by atoms with Gasteiger partial charge < -0.3 is 24.5 Å². The molecule has 0 atom stereocenters. The molecule has 0 bridgehead atoms. The van der Waals surface area contributed by atoms with Crippen LogP contribution < -0.4 is 10.1 Å². The van der Waals surface area contributed by atoms with E-state index in [0.29, 0.717) is 18.0 Å². The number of amides is 2. The summed E-state index contributed by atoms with van der Waals surface area (Å²) in [5, 5.41) is 11.6. The van der Waals surface area contributed by atoms with Gasteiger partial charge in [0.15, 0.2) is 12.4 Å². The maximum atomic E-state index is 12.0. The van der Waals surface area contributed by atoms with Gasteiger partial charge in [0.25, 0.3) is 11.8 Å². The van der Waals surface area contributed by atoms with Crippen molar-refractivity contribution >= 4 is 17.5 Å². The molecule has 1 heterocycles. The molecule has 0 fully saturated rings. The van der Waals surface area contributed by atoms with Crippen LogP contribution in [0.3, 0.4) is 0 Å². The fraction of sp³-hybridized carbons (Fsp3) is 0.294. The molecule has 0 aliphatic carbocycles. The van der Waals surface area contributed by atoms with Crippen LogP contribution in [0.1, 0.15) is 17.5 Å². The second-order valence-electron chi connectivity index (χ2n) is 4.94. The topological polar surface area (TPSA) is 92.0 Å². The Morgan fingerprint density at radius 1 is 1.29 bits per heavy atom. The lowest BCUT2D eigenvalue weighted by Crippen LogP contribution is -2.36. The lowest BCUT2D eigenvalue weighted by atomic mass is 10.3. The molecule has 1 aromatic carbocycles. The maximum Gasteiger partial charge on any atom is 0.291 e. The van der Waals surface area contributed by atoms with Crippen LogP contribution in [0.25, 0.3) is 0 Å². The first kappa shape index (κ1) is 17.6. The Morgan fingerprint density at radius 3 is 2.79 bits per heavy atom. The van der Waals surface area contributed by atoms with Gasteiger partial charge >= 0.3 is 0 Å². The number of ether oxygens (including phenoxy) is 1. The van der Waals surface area contributed by atoms with Crippen LogP contribution in [-0.4, -0.2) is 48.1 Å². The van der Waals surface area contributed by atoms with Gasteiger partial charge in [-0.15, -0.1) is 0 Å². The lowest BCUT2D eigenvalue weighted by molar-refractivity contribution is -0.133. The first-order valence-electron chi connectivity index (χ1n) is 7.60. The van der Waals surface area contributed by atoms with Crippen molar-refractivity contribution in [1.82, 2.24) is 4.90 Å². The minimum atomic E-state index is -0.367. The molecule has 0 saturated heterocycles. The highest BCUT2D eigenvalue weighted by Gasteiger charge is 2.12. The molecule has 7 heteroatoms. The molecule has 2 rings (SSSR count). The summed E-state index contributed by atoms with van der Waals surface area (Å²) in [4.78, 5) is 25.4. The Hall–Kier alpha value is -2.80. The van der Waals surface area contributed by atoms with Gasteiger partial charge in [-0.25, -0.2) is 0 Å². The number of nitrogens with zero attached hydrogens (tertiary/aromatic N) is 1. The number of hydrogen-bond acceptors (Lipinski definition) is 5. The predicted molar refractivity (Wildman–Crippen MR) is 87.9 cm³/mol. The first-order chi connectivity index (χ1) is 11.6. The number of carbonyl (C=O) groups excluding carboxylic acids is 2. The molecule has 0 aliphatic rings. The summed E-state index contributed by atoms with van der Waals surface area (Å²) < 4.78 is 10.5. The average molecular weight is 332 g/mol. The zero-order valence-electron chi connectivity index (χ0n) is 13.4. The van der Waals surface area contributed by atoms with E-state index in [4.69, 9.17) is 14.3 Å². The molecule has 2 N–H and O–H groups in total. The molecule has 2 aromatic rings. The van der Waals surface area contributed by atoms with Gasteiger partial charge in [0.2, 0.25) is 0 Å². The summed E-state index contributed by atoms with van der Waals surface area (Å²) in [6.45, 7) is 2.38. The van der Waals surface area contributed by atoms with Crippen LogP contribution in [0.5, 0.6) is 5.75 Å². The van der Waals surface area contributed by atoms with Crippen LogP contribution >= 0.6 is 0 Å². The van der Waals surface area contributed by atoms with Gasteiger partial charge in [-0.05, 0) is 31.2 Å². The van der Waals surface area contributed by atoms with Gasteiger partial charge in [-0.2, -0.15) is 0 Å². The van der Waals surface area contributed by atoms with E-state index in [1.165, 1.54) is 11.2 Å². The molecular formula is C17H20N2O5. The van der Waals surface area contributed by atoms with Crippen molar-refractivity contribution in [2.75, 3.05) is 31.6 Å². The van der Waals surface area contributed by atoms with Crippen molar-refractivity contribution in [3.63, 3.8) is 0 Å². The Morgan fingerprint density at radius 2 is 2.12 bits per heavy atom. The van der Waals surface area contributed by atoms with Crippen molar-refractivity contribution in [3.8, 4) is 5.75 Å². The summed E-state index contributed by atoms with van der Waals surface area (Å²) in [7, 11) is 0. The summed E-state index contributed by atoms with van der Waals surface area (Å²) in [6, 6.07) is 9.93. The second-order valence-corrected chi connectivity index (χ2v) is 4.94. The number of carbonyl (C=O) groups is 2. The minimum absolute atomic E-state index is 0.0894. The minimum Gasteiger partial charge on any atom is -0.484 e. The highest BCUT2D eigenvalue weighted by Crippen LogP contribution is 2.18. The highest BCUT2D eigenvalue weighted by atomic mass is 16.5. The molecule has 2 amide bonds. The fourth-order valence-corrected chi connectivity index (χ4v) is 2.08. The van der Waals surface area contributed by atoms with Crippen LogP contribution in [0.15, 0.2) is 47.1 Å². The normalized spacial score (nSPS) is 10.2. The summed E-state index contributed by atoms with van der Waals surface area (Å²) >= 11 is 0. The monoisotopic (exact) mass is 332 g/mol. The predicted octanol–water partition coefficient (Wildman–Crippen LogP) is 1.75. The lowest BCUT2D eigenvalue weighted by Gasteiger charge is -2.19. The van der Waals surface area contributed by atoms with Crippen molar-refractivity contribution in [1.29, 1.82) is 0 Å². The third-order valence-corrected chi connectivity index (χ3v) is 3.30. The molecule has 0 unspecified atom stereocenters. The Labute approximate surface area is 139 Å². The zero-order valence-corrected chi connectivity index (χ0v) is 13.4. The van der Waals surface area contributed by atoms with E-state index in [1.807, 2.05) is 6.92 Å². The van der Waals surface area contributed by atoms with Crippen molar-refractivity contribution in [3.05, 3.63) is 48.4 Å². The SMILES string of the molecule is CCN(CCO)C(=O)COc1cccc(NC(=O)c2ccco2)c1. The molecule has 128 valence electrons. The Balaban J connectivity index is 1.93. The number of nitrogens with one attached hydrogen (secondary N) is 1. The van der Waals surface area contributed by atoms with E-state index < -0.39 is 0 Å². The van der Waals surface area contributed by atoms with E-state index in [-0.39, 0.29) is 37.3 Å². The van der Waals surface area contributed by atoms with Gasteiger partial charge in [-0.1, -0.05) is 6.07 Å². The average Bonchev–Trinajstić information content (AvgIpc) is 3.12. The molecule has 7 nitrogen and oxygen atoms in total. The molecule has 0 saturated carbocycles. The Kier molecular flexibility index (Phi) is 6.39. The maximum absolute atomic E-state index is 12.0. The van der Waals surface area contributed by atoms with Crippen LogP contribution in [0, 0.1) is 0 Å². The molecular weight excluding hydrogens is 312 g/mol. The summed E-state index contributed by atoms with van der Waals surface area (Å²) in [5.41, 5.74) is 0.532. The standard InChI is InChI=1S/C17H20N2O5/c1-2-19(8-9-20)16(21)12-24-14-6-3-5-13(11-14)18-17(22)15-7-4-10-23-15/h3-7,10-11,20H,2,8-9,12H2,1H3,(H,18,22). The molecule has 24 heavy (non-hydrogen) atoms. The van der Waals surface area contributed by atoms with Gasteiger partial charge in [0.05, 0.1) is 12.9 Å². The zero-order chi connectivity index (χ0) is 17.4. The van der Waals surface area contributed by atoms with E-state index in [0.717, 1.165) is 0 Å². The number of aliphatic hydroxyl groups excluding tert-OH is 1. The number of hydrogen-bond donors (Lipinski definition) is 2. The molecule has 1 aromatic heterocycles. The van der Waals surface area contributed by atoms with E-state index in [9.17, 15) is 9.59 Å². The van der Waals surface area contributed by atoms with Crippen molar-refractivity contribution < 1.29 is 23.8 Å². The third kappa shape index (κ3) is 4.85. The fourth-order valence-electron chi connectivity index (χ4n) is 2.08. The number of rotatable bonds is 8. The second kappa shape index (κ2) is 8.73. The number of aliphatic hydroxyl groups is 1. The van der Waals surface area contributed by atoms with Gasteiger partial charge in [-0.3, -0.25) is 9.59 Å². The van der Waals surface area contributed by atoms with Crippen LogP contribution in [-0.2, 0) is 4.79 Å². The summed E-state index contributed by atoms with van der Waals surface area (Å²) in [5.74, 6) is 0.0876. The van der Waals surface area contributed by atoms with Crippen LogP contribution in [0.4, 0.5) is 5.69 Å². The third-order valence-electron chi connectivity index (χ3n) is 3.30. The Bertz CT molecular complexity index is 669. The quantitative estimate of drug-likeness (QED) is 0.768. The van der Waals surface area contributed by atoms with E-state index in [2.05, 4.69) is 5.32 Å². The molecule has 0 aliphatic heterocycles. The van der Waals surface area contributed by atoms with Gasteiger partial charge in [0, 0.05) is 24.8 Å². The number of likely N-dealkylation sites (N-methyl/N-ethyl adjacent to an activating group) is 1. The molecule has 0 radical (unpaired) electrons. The largest absolute Gasteiger partial charge is 0.484 e. The smallest absolute Gasteiger partial charge is 0.291 e. The van der Waals surface area contributed by atoms with E-state index in [1.54, 1.807) is 36.4 Å². The van der Waals surface area contributed by atoms with Crippen molar-refractivity contribution in [2.24, 2.45) is 0 Å². The highest BCUT2D eigenvalue weighted by molar-refractivity contribution is 6.02. The number of benzene rings is 1.